The van der Waals surface area contributed by atoms with E-state index < -0.39 is 75.5 Å². The van der Waals surface area contributed by atoms with Gasteiger partial charge in [0.25, 0.3) is 5.91 Å². The molecule has 0 aromatic heterocycles. The van der Waals surface area contributed by atoms with Crippen LogP contribution in [0, 0.1) is 11.8 Å². The molecule has 12 heteroatoms. The van der Waals surface area contributed by atoms with E-state index in [9.17, 15) is 48.0 Å². The Balaban J connectivity index is 1.68. The van der Waals surface area contributed by atoms with Crippen LogP contribution in [-0.2, 0) is 22.2 Å². The number of aliphatic hydroxyl groups is 3. The monoisotopic (exact) mass is 558 g/mol. The second kappa shape index (κ2) is 8.93. The number of nitrogens with two attached hydrogens (primary N) is 1. The number of fused-ring (bicyclic) bond motifs is 3. The van der Waals surface area contributed by atoms with Crippen molar-refractivity contribution in [1.82, 2.24) is 4.90 Å². The van der Waals surface area contributed by atoms with E-state index in [1.807, 2.05) is 0 Å². The first kappa shape index (κ1) is 27.4. The number of phenolic OH excluding ortho intramolecular Hbond substituents is 1. The molecule has 0 radical (unpaired) electrons. The standard InChI is InChI=1S/C28H25F3N2O7/c1-33(2)21-16-10-12-9-15-14(11-3-5-13(6-4-11)28(29,30)31)7-8-17(34)19(15)22(35)18(12)24(37)27(16,40)25(38)20(23(21)36)26(32)39/h3-8,12,16,21,34,36-37,40H,9-10H2,1-2H3,(H2,32,39)/t12-,16-,21-,27-/m0/s1. The van der Waals surface area contributed by atoms with Crippen LogP contribution in [0.5, 0.6) is 5.75 Å². The Morgan fingerprint density at radius 1 is 1.05 bits per heavy atom. The van der Waals surface area contributed by atoms with Gasteiger partial charge in [-0.05, 0) is 67.7 Å². The van der Waals surface area contributed by atoms with Gasteiger partial charge in [0.15, 0.2) is 11.4 Å². The molecule has 4 atom stereocenters. The molecule has 0 bridgehead atoms. The largest absolute Gasteiger partial charge is 0.510 e. The van der Waals surface area contributed by atoms with Gasteiger partial charge >= 0.3 is 6.18 Å². The number of benzene rings is 2. The second-order valence-electron chi connectivity index (χ2n) is 10.5. The third-order valence-corrected chi connectivity index (χ3v) is 8.13. The first-order valence-corrected chi connectivity index (χ1v) is 12.3. The number of aromatic hydroxyl groups is 1. The SMILES string of the molecule is CN(C)[C@@H]1C(O)=C(C(N)=O)C(=O)[C@@]2(O)C(O)=C3C(=O)c4c(O)ccc(-c5ccc(C(F)(F)F)cc5)c4C[C@H]3C[C@@H]12. The molecule has 6 N–H and O–H groups in total. The van der Waals surface area contributed by atoms with Gasteiger partial charge in [-0.1, -0.05) is 18.2 Å². The zero-order valence-corrected chi connectivity index (χ0v) is 21.3. The molecule has 0 aliphatic heterocycles. The number of carbonyl (C=O) groups excluding carboxylic acids is 3. The number of hydrogen-bond acceptors (Lipinski definition) is 8. The minimum atomic E-state index is -4.55. The molecular weight excluding hydrogens is 533 g/mol. The van der Waals surface area contributed by atoms with Gasteiger partial charge in [0.2, 0.25) is 5.78 Å². The number of aliphatic hydroxyl groups excluding tert-OH is 2. The zero-order chi connectivity index (χ0) is 29.5. The van der Waals surface area contributed by atoms with Gasteiger partial charge in [-0.2, -0.15) is 13.2 Å². The lowest BCUT2D eigenvalue weighted by atomic mass is 9.58. The van der Waals surface area contributed by atoms with Crippen LogP contribution >= 0.6 is 0 Å². The van der Waals surface area contributed by atoms with Gasteiger partial charge in [-0.3, -0.25) is 19.3 Å². The van der Waals surface area contributed by atoms with E-state index in [0.717, 1.165) is 12.1 Å². The van der Waals surface area contributed by atoms with Crippen LogP contribution < -0.4 is 5.73 Å². The Bertz CT molecular complexity index is 1540. The number of phenols is 1. The van der Waals surface area contributed by atoms with Crippen molar-refractivity contribution in [2.45, 2.75) is 30.7 Å². The van der Waals surface area contributed by atoms with Crippen molar-refractivity contribution in [1.29, 1.82) is 0 Å². The van der Waals surface area contributed by atoms with Gasteiger partial charge in [0.1, 0.15) is 22.8 Å². The molecule has 9 nitrogen and oxygen atoms in total. The van der Waals surface area contributed by atoms with Crippen molar-refractivity contribution in [2.75, 3.05) is 14.1 Å². The molecule has 0 saturated heterocycles. The lowest BCUT2D eigenvalue weighted by molar-refractivity contribution is -0.148. The molecule has 2 aromatic carbocycles. The Kier molecular flexibility index (Phi) is 6.12. The van der Waals surface area contributed by atoms with Crippen LogP contribution in [0.2, 0.25) is 0 Å². The Labute approximate surface area is 225 Å². The molecule has 2 aromatic rings. The number of hydrogen-bond donors (Lipinski definition) is 5. The predicted molar refractivity (Wildman–Crippen MR) is 134 cm³/mol. The molecule has 5 rings (SSSR count). The second-order valence-corrected chi connectivity index (χ2v) is 10.5. The minimum Gasteiger partial charge on any atom is -0.510 e. The topological polar surface area (TPSA) is 161 Å². The molecule has 3 aliphatic rings. The maximum atomic E-state index is 13.8. The van der Waals surface area contributed by atoms with E-state index >= 15 is 0 Å². The fraction of sp³-hybridized carbons (Fsp3) is 0.321. The van der Waals surface area contributed by atoms with Crippen LogP contribution in [0.15, 0.2) is 59.1 Å². The van der Waals surface area contributed by atoms with E-state index in [4.69, 9.17) is 5.73 Å². The average molecular weight is 559 g/mol. The quantitative estimate of drug-likeness (QED) is 0.360. The number of nitrogens with zero attached hydrogens (tertiary/aromatic N) is 1. The highest BCUT2D eigenvalue weighted by Gasteiger charge is 2.63. The van der Waals surface area contributed by atoms with Crippen molar-refractivity contribution in [3.05, 3.63) is 75.8 Å². The van der Waals surface area contributed by atoms with E-state index in [1.54, 1.807) is 0 Å². The lowest BCUT2D eigenvalue weighted by Crippen LogP contribution is -2.63. The summed E-state index contributed by atoms with van der Waals surface area (Å²) >= 11 is 0. The maximum absolute atomic E-state index is 13.8. The molecule has 0 spiro atoms. The number of halogens is 3. The van der Waals surface area contributed by atoms with E-state index in [-0.39, 0.29) is 24.0 Å². The predicted octanol–water partition coefficient (Wildman–Crippen LogP) is 2.81. The summed E-state index contributed by atoms with van der Waals surface area (Å²) in [6, 6.07) is 5.83. The summed E-state index contributed by atoms with van der Waals surface area (Å²) in [5, 5.41) is 44.4. The van der Waals surface area contributed by atoms with Crippen LogP contribution in [0.1, 0.15) is 27.9 Å². The van der Waals surface area contributed by atoms with Crippen molar-refractivity contribution >= 4 is 17.5 Å². The average Bonchev–Trinajstić information content (AvgIpc) is 2.85. The summed E-state index contributed by atoms with van der Waals surface area (Å²) in [6.07, 6.45) is -4.64. The maximum Gasteiger partial charge on any atom is 0.416 e. The normalized spacial score (nSPS) is 26.5. The molecule has 0 unspecified atom stereocenters. The smallest absolute Gasteiger partial charge is 0.416 e. The Morgan fingerprint density at radius 2 is 1.68 bits per heavy atom. The van der Waals surface area contributed by atoms with E-state index in [1.165, 1.54) is 43.3 Å². The van der Waals surface area contributed by atoms with Crippen molar-refractivity contribution in [2.24, 2.45) is 17.6 Å². The van der Waals surface area contributed by atoms with Gasteiger partial charge in [-0.25, -0.2) is 0 Å². The van der Waals surface area contributed by atoms with Gasteiger partial charge in [-0.15, -0.1) is 0 Å². The number of allylic oxidation sites excluding steroid dienone is 1. The van der Waals surface area contributed by atoms with Crippen molar-refractivity contribution < 1.29 is 48.0 Å². The lowest BCUT2D eigenvalue weighted by Gasteiger charge is -2.50. The number of primary amides is 1. The van der Waals surface area contributed by atoms with Gasteiger partial charge in [0.05, 0.1) is 17.2 Å². The van der Waals surface area contributed by atoms with Crippen LogP contribution in [0.3, 0.4) is 0 Å². The number of ketones is 2. The number of likely N-dealkylation sites (N-methyl/N-ethyl adjacent to an activating group) is 1. The highest BCUT2D eigenvalue weighted by Crippen LogP contribution is 2.53. The van der Waals surface area contributed by atoms with Crippen LogP contribution in [-0.4, -0.2) is 68.5 Å². The molecule has 0 saturated carbocycles. The summed E-state index contributed by atoms with van der Waals surface area (Å²) < 4.78 is 39.3. The molecule has 3 aliphatic carbocycles. The summed E-state index contributed by atoms with van der Waals surface area (Å²) in [5.74, 6) is -7.67. The van der Waals surface area contributed by atoms with E-state index in [0.29, 0.717) is 16.7 Å². The first-order valence-electron chi connectivity index (χ1n) is 12.3. The summed E-state index contributed by atoms with van der Waals surface area (Å²) in [7, 11) is 3.04. The number of alkyl halides is 3. The minimum absolute atomic E-state index is 0.0132. The summed E-state index contributed by atoms with van der Waals surface area (Å²) in [5.41, 5.74) is 1.31. The molecular formula is C28H25F3N2O7. The fourth-order valence-corrected chi connectivity index (χ4v) is 6.36. The number of amides is 1. The molecule has 0 fully saturated rings. The molecule has 40 heavy (non-hydrogen) atoms. The van der Waals surface area contributed by atoms with E-state index in [2.05, 4.69) is 0 Å². The highest BCUT2D eigenvalue weighted by atomic mass is 19.4. The summed E-state index contributed by atoms with van der Waals surface area (Å²) in [6.45, 7) is 0. The number of carbonyl (C=O) groups is 3. The van der Waals surface area contributed by atoms with Crippen LogP contribution in [0.4, 0.5) is 13.2 Å². The third kappa shape index (κ3) is 3.74. The number of Topliss-reactive ketones (excluding diaryl/α,β-unsaturated/α-hetero) is 2. The summed E-state index contributed by atoms with van der Waals surface area (Å²) in [4.78, 5) is 40.6. The Morgan fingerprint density at radius 3 is 2.23 bits per heavy atom. The van der Waals surface area contributed by atoms with Crippen molar-refractivity contribution in [3.8, 4) is 16.9 Å². The Hall–Kier alpha value is -4.16. The number of rotatable bonds is 3. The zero-order valence-electron chi connectivity index (χ0n) is 21.3. The fourth-order valence-electron chi connectivity index (χ4n) is 6.36. The molecule has 0 heterocycles. The van der Waals surface area contributed by atoms with Crippen molar-refractivity contribution in [3.63, 3.8) is 0 Å². The highest BCUT2D eigenvalue weighted by molar-refractivity contribution is 6.24. The first-order chi connectivity index (χ1) is 18.6. The molecule has 1 amide bonds. The van der Waals surface area contributed by atoms with Gasteiger partial charge in [0, 0.05) is 11.5 Å². The van der Waals surface area contributed by atoms with Crippen LogP contribution in [0.25, 0.3) is 11.1 Å². The third-order valence-electron chi connectivity index (χ3n) is 8.13. The molecule has 210 valence electrons. The van der Waals surface area contributed by atoms with Gasteiger partial charge < -0.3 is 26.2 Å².